The van der Waals surface area contributed by atoms with Crippen molar-refractivity contribution in [2.24, 2.45) is 0 Å². The molecule has 0 spiro atoms. The van der Waals surface area contributed by atoms with Crippen molar-refractivity contribution in [2.45, 2.75) is 6.61 Å². The van der Waals surface area contributed by atoms with Crippen LogP contribution in [0.25, 0.3) is 0 Å². The van der Waals surface area contributed by atoms with Crippen LogP contribution in [0, 0.1) is 11.6 Å². The minimum absolute atomic E-state index is 0.0317. The second-order valence-electron chi connectivity index (χ2n) is 3.81. The Kier molecular flexibility index (Phi) is 4.42. The maximum Gasteiger partial charge on any atom is 0.169 e. The van der Waals surface area contributed by atoms with Crippen molar-refractivity contribution in [1.29, 1.82) is 0 Å². The molecule has 2 nitrogen and oxygen atoms in total. The van der Waals surface area contributed by atoms with E-state index in [2.05, 4.69) is 31.9 Å². The molecule has 0 heterocycles. The van der Waals surface area contributed by atoms with Crippen LogP contribution in [-0.2, 0) is 6.61 Å². The van der Waals surface area contributed by atoms with Gasteiger partial charge in [0, 0.05) is 21.8 Å². The van der Waals surface area contributed by atoms with Gasteiger partial charge in [0.05, 0.1) is 4.47 Å². The van der Waals surface area contributed by atoms with Gasteiger partial charge in [-0.05, 0) is 44.0 Å². The fourth-order valence-corrected chi connectivity index (χ4v) is 2.43. The zero-order valence-corrected chi connectivity index (χ0v) is 12.8. The zero-order chi connectivity index (χ0) is 14.0. The summed E-state index contributed by atoms with van der Waals surface area (Å²) in [6.07, 6.45) is 0. The number of benzene rings is 2. The molecule has 0 aromatic heterocycles. The molecule has 0 fully saturated rings. The molecule has 0 saturated heterocycles. The third-order valence-corrected chi connectivity index (χ3v) is 4.00. The Bertz CT molecular complexity index is 597. The molecule has 2 aromatic rings. The Morgan fingerprint density at radius 1 is 1.16 bits per heavy atom. The van der Waals surface area contributed by atoms with Crippen LogP contribution >= 0.6 is 31.9 Å². The van der Waals surface area contributed by atoms with Crippen LogP contribution in [0.15, 0.2) is 39.3 Å². The molecule has 0 atom stereocenters. The van der Waals surface area contributed by atoms with Gasteiger partial charge in [0.1, 0.15) is 12.4 Å². The van der Waals surface area contributed by atoms with E-state index in [9.17, 15) is 8.78 Å². The second kappa shape index (κ2) is 5.88. The van der Waals surface area contributed by atoms with E-state index < -0.39 is 11.6 Å². The highest BCUT2D eigenvalue weighted by Gasteiger charge is 2.12. The van der Waals surface area contributed by atoms with Crippen LogP contribution in [0.4, 0.5) is 14.5 Å². The number of anilines is 1. The summed E-state index contributed by atoms with van der Waals surface area (Å²) in [5.74, 6) is -1.45. The number of ether oxygens (including phenoxy) is 1. The number of nitrogen functional groups attached to an aromatic ring is 1. The lowest BCUT2D eigenvalue weighted by Gasteiger charge is -2.11. The average Bonchev–Trinajstić information content (AvgIpc) is 2.33. The molecule has 0 unspecified atom stereocenters. The van der Waals surface area contributed by atoms with Gasteiger partial charge in [0.2, 0.25) is 0 Å². The standard InChI is InChI=1S/C13H9Br2F2NO/c14-9-4-8(16)5-10(17)13(9)19-6-7-2-1-3-11(18)12(7)15/h1-5H,6,18H2. The van der Waals surface area contributed by atoms with E-state index in [4.69, 9.17) is 10.5 Å². The highest BCUT2D eigenvalue weighted by Crippen LogP contribution is 2.31. The fourth-order valence-electron chi connectivity index (χ4n) is 1.53. The van der Waals surface area contributed by atoms with Gasteiger partial charge in [-0.15, -0.1) is 0 Å². The SMILES string of the molecule is Nc1cccc(COc2c(F)cc(F)cc2Br)c1Br. The molecular weight excluding hydrogens is 384 g/mol. The Hall–Kier alpha value is -1.14. The van der Waals surface area contributed by atoms with E-state index >= 15 is 0 Å². The van der Waals surface area contributed by atoms with Crippen molar-refractivity contribution in [3.63, 3.8) is 0 Å². The second-order valence-corrected chi connectivity index (χ2v) is 5.45. The van der Waals surface area contributed by atoms with Gasteiger partial charge in [-0.25, -0.2) is 8.78 Å². The van der Waals surface area contributed by atoms with E-state index in [-0.39, 0.29) is 16.8 Å². The van der Waals surface area contributed by atoms with E-state index in [1.54, 1.807) is 18.2 Å². The molecule has 0 aliphatic carbocycles. The molecular formula is C13H9Br2F2NO. The Morgan fingerprint density at radius 2 is 1.89 bits per heavy atom. The summed E-state index contributed by atoms with van der Waals surface area (Å²) in [5, 5.41) is 0. The molecule has 100 valence electrons. The van der Waals surface area contributed by atoms with E-state index in [1.165, 1.54) is 0 Å². The maximum atomic E-state index is 13.6. The number of hydrogen-bond donors (Lipinski definition) is 1. The summed E-state index contributed by atoms with van der Waals surface area (Å²) in [5.41, 5.74) is 7.08. The minimum Gasteiger partial charge on any atom is -0.485 e. The van der Waals surface area contributed by atoms with Gasteiger partial charge in [-0.2, -0.15) is 0 Å². The van der Waals surface area contributed by atoms with Crippen molar-refractivity contribution in [3.8, 4) is 5.75 Å². The monoisotopic (exact) mass is 391 g/mol. The van der Waals surface area contributed by atoms with Gasteiger partial charge in [0.25, 0.3) is 0 Å². The first kappa shape index (κ1) is 14.3. The summed E-state index contributed by atoms with van der Waals surface area (Å²) in [6, 6.07) is 7.23. The average molecular weight is 393 g/mol. The van der Waals surface area contributed by atoms with Gasteiger partial charge in [-0.3, -0.25) is 0 Å². The van der Waals surface area contributed by atoms with Gasteiger partial charge < -0.3 is 10.5 Å². The Labute approximate surface area is 125 Å². The molecule has 0 radical (unpaired) electrons. The summed E-state index contributed by atoms with van der Waals surface area (Å²) in [7, 11) is 0. The van der Waals surface area contributed by atoms with Crippen LogP contribution in [0.3, 0.4) is 0 Å². The zero-order valence-electron chi connectivity index (χ0n) is 9.59. The highest BCUT2D eigenvalue weighted by atomic mass is 79.9. The Balaban J connectivity index is 2.22. The predicted molar refractivity (Wildman–Crippen MR) is 76.9 cm³/mol. The third-order valence-electron chi connectivity index (χ3n) is 2.44. The fraction of sp³-hybridized carbons (Fsp3) is 0.0769. The maximum absolute atomic E-state index is 13.6. The molecule has 2 aromatic carbocycles. The summed E-state index contributed by atoms with van der Waals surface area (Å²) >= 11 is 6.39. The molecule has 0 aliphatic heterocycles. The van der Waals surface area contributed by atoms with Crippen LogP contribution in [0.5, 0.6) is 5.75 Å². The summed E-state index contributed by atoms with van der Waals surface area (Å²) < 4.78 is 32.8. The van der Waals surface area contributed by atoms with E-state index in [0.717, 1.165) is 17.7 Å². The van der Waals surface area contributed by atoms with Crippen molar-refractivity contribution >= 4 is 37.5 Å². The van der Waals surface area contributed by atoms with Gasteiger partial charge in [-0.1, -0.05) is 12.1 Å². The van der Waals surface area contributed by atoms with Crippen LogP contribution < -0.4 is 10.5 Å². The lowest BCUT2D eigenvalue weighted by Crippen LogP contribution is -2.01. The summed E-state index contributed by atoms with van der Waals surface area (Å²) in [6.45, 7) is 0.118. The predicted octanol–water partition coefficient (Wildman–Crippen LogP) is 4.65. The van der Waals surface area contributed by atoms with E-state index in [0.29, 0.717) is 10.2 Å². The first-order chi connectivity index (χ1) is 8.99. The molecule has 2 N–H and O–H groups in total. The molecule has 0 amide bonds. The quantitative estimate of drug-likeness (QED) is 0.771. The Morgan fingerprint density at radius 3 is 2.58 bits per heavy atom. The van der Waals surface area contributed by atoms with Crippen molar-refractivity contribution < 1.29 is 13.5 Å². The van der Waals surface area contributed by atoms with Crippen LogP contribution in [0.2, 0.25) is 0 Å². The van der Waals surface area contributed by atoms with Gasteiger partial charge >= 0.3 is 0 Å². The molecule has 0 aliphatic rings. The third kappa shape index (κ3) is 3.25. The van der Waals surface area contributed by atoms with Crippen molar-refractivity contribution in [2.75, 3.05) is 5.73 Å². The largest absolute Gasteiger partial charge is 0.485 e. The van der Waals surface area contributed by atoms with Crippen LogP contribution in [-0.4, -0.2) is 0 Å². The molecule has 0 saturated carbocycles. The normalized spacial score (nSPS) is 10.5. The summed E-state index contributed by atoms with van der Waals surface area (Å²) in [4.78, 5) is 0. The first-order valence-corrected chi connectivity index (χ1v) is 6.88. The minimum atomic E-state index is -0.757. The molecule has 19 heavy (non-hydrogen) atoms. The highest BCUT2D eigenvalue weighted by molar-refractivity contribution is 9.11. The first-order valence-electron chi connectivity index (χ1n) is 5.29. The number of hydrogen-bond acceptors (Lipinski definition) is 2. The molecule has 2 rings (SSSR count). The van der Waals surface area contributed by atoms with Crippen LogP contribution in [0.1, 0.15) is 5.56 Å². The number of rotatable bonds is 3. The number of halogens is 4. The molecule has 0 bridgehead atoms. The lowest BCUT2D eigenvalue weighted by molar-refractivity contribution is 0.286. The smallest absolute Gasteiger partial charge is 0.169 e. The van der Waals surface area contributed by atoms with Gasteiger partial charge in [0.15, 0.2) is 11.6 Å². The number of nitrogens with two attached hydrogens (primary N) is 1. The topological polar surface area (TPSA) is 35.2 Å². The van der Waals surface area contributed by atoms with Crippen molar-refractivity contribution in [1.82, 2.24) is 0 Å². The lowest BCUT2D eigenvalue weighted by atomic mass is 10.2. The van der Waals surface area contributed by atoms with E-state index in [1.807, 2.05) is 0 Å². The molecule has 6 heteroatoms. The van der Waals surface area contributed by atoms with Crippen molar-refractivity contribution in [3.05, 3.63) is 56.5 Å².